The van der Waals surface area contributed by atoms with E-state index in [1.807, 2.05) is 20.8 Å². The fraction of sp³-hybridized carbons (Fsp3) is 0.533. The van der Waals surface area contributed by atoms with Crippen molar-refractivity contribution in [1.29, 1.82) is 0 Å². The van der Waals surface area contributed by atoms with Gasteiger partial charge in [-0.1, -0.05) is 39.0 Å². The highest BCUT2D eigenvalue weighted by atomic mass is 19.1. The second-order valence-corrected chi connectivity index (χ2v) is 5.78. The quantitative estimate of drug-likeness (QED) is 0.860. The average molecular weight is 267 g/mol. The number of amides is 1. The van der Waals surface area contributed by atoms with Crippen molar-refractivity contribution in [2.75, 3.05) is 6.54 Å². The standard InChI is InChI=1S/C15H22FNO2/c1-15(2,3)13(18)10-17-14(19)9-8-11-6-4-5-7-12(11)16/h4-7,13,18H,8-10H2,1-3H3,(H,17,19). The van der Waals surface area contributed by atoms with Crippen molar-refractivity contribution in [1.82, 2.24) is 5.32 Å². The van der Waals surface area contributed by atoms with E-state index in [0.717, 1.165) is 0 Å². The molecule has 4 heteroatoms. The van der Waals surface area contributed by atoms with Crippen molar-refractivity contribution in [3.63, 3.8) is 0 Å². The van der Waals surface area contributed by atoms with Gasteiger partial charge in [0, 0.05) is 13.0 Å². The Morgan fingerprint density at radius 2 is 2.00 bits per heavy atom. The summed E-state index contributed by atoms with van der Waals surface area (Å²) >= 11 is 0. The zero-order chi connectivity index (χ0) is 14.5. The first-order chi connectivity index (χ1) is 8.80. The molecular formula is C15H22FNO2. The minimum atomic E-state index is -0.593. The molecule has 0 saturated heterocycles. The fourth-order valence-corrected chi connectivity index (χ4v) is 1.55. The molecule has 3 nitrogen and oxygen atoms in total. The topological polar surface area (TPSA) is 49.3 Å². The van der Waals surface area contributed by atoms with Gasteiger partial charge in [-0.3, -0.25) is 4.79 Å². The molecular weight excluding hydrogens is 245 g/mol. The summed E-state index contributed by atoms with van der Waals surface area (Å²) in [6.07, 6.45) is -0.00744. The molecule has 0 heterocycles. The normalized spacial score (nSPS) is 13.1. The van der Waals surface area contributed by atoms with E-state index in [-0.39, 0.29) is 30.1 Å². The summed E-state index contributed by atoms with van der Waals surface area (Å²) in [6.45, 7) is 5.94. The first-order valence-corrected chi connectivity index (χ1v) is 6.49. The molecule has 0 aliphatic heterocycles. The van der Waals surface area contributed by atoms with Gasteiger partial charge in [0.05, 0.1) is 6.10 Å². The van der Waals surface area contributed by atoms with E-state index in [2.05, 4.69) is 5.32 Å². The number of nitrogens with one attached hydrogen (secondary N) is 1. The predicted octanol–water partition coefficient (Wildman–Crippen LogP) is 2.28. The lowest BCUT2D eigenvalue weighted by molar-refractivity contribution is -0.121. The van der Waals surface area contributed by atoms with E-state index >= 15 is 0 Å². The van der Waals surface area contributed by atoms with Crippen molar-refractivity contribution in [3.8, 4) is 0 Å². The maximum atomic E-state index is 13.3. The van der Waals surface area contributed by atoms with Crippen LogP contribution in [0.4, 0.5) is 4.39 Å². The highest BCUT2D eigenvalue weighted by Crippen LogP contribution is 2.18. The number of hydrogen-bond acceptors (Lipinski definition) is 2. The molecule has 1 unspecified atom stereocenters. The molecule has 1 rings (SSSR count). The molecule has 0 spiro atoms. The van der Waals surface area contributed by atoms with Gasteiger partial charge >= 0.3 is 0 Å². The van der Waals surface area contributed by atoms with E-state index in [1.165, 1.54) is 6.07 Å². The molecule has 0 aromatic heterocycles. The van der Waals surface area contributed by atoms with Crippen LogP contribution >= 0.6 is 0 Å². The first-order valence-electron chi connectivity index (χ1n) is 6.49. The molecule has 1 amide bonds. The molecule has 0 aliphatic rings. The summed E-state index contributed by atoms with van der Waals surface area (Å²) in [5.41, 5.74) is 0.271. The number of aliphatic hydroxyl groups excluding tert-OH is 1. The largest absolute Gasteiger partial charge is 0.391 e. The maximum Gasteiger partial charge on any atom is 0.220 e. The molecule has 2 N–H and O–H groups in total. The van der Waals surface area contributed by atoms with E-state index in [0.29, 0.717) is 12.0 Å². The number of carbonyl (C=O) groups excluding carboxylic acids is 1. The van der Waals surface area contributed by atoms with E-state index in [9.17, 15) is 14.3 Å². The van der Waals surface area contributed by atoms with Crippen LogP contribution in [-0.2, 0) is 11.2 Å². The molecule has 1 aromatic rings. The molecule has 0 aliphatic carbocycles. The number of carbonyl (C=O) groups is 1. The Bertz CT molecular complexity index is 426. The van der Waals surface area contributed by atoms with E-state index in [4.69, 9.17) is 0 Å². The Labute approximate surface area is 113 Å². The van der Waals surface area contributed by atoms with E-state index in [1.54, 1.807) is 18.2 Å². The molecule has 0 fully saturated rings. The maximum absolute atomic E-state index is 13.3. The Kier molecular flexibility index (Phi) is 5.48. The van der Waals surface area contributed by atoms with Crippen molar-refractivity contribution in [3.05, 3.63) is 35.6 Å². The summed E-state index contributed by atoms with van der Waals surface area (Å²) in [7, 11) is 0. The number of aryl methyl sites for hydroxylation is 1. The number of benzene rings is 1. The minimum absolute atomic E-state index is 0.174. The zero-order valence-corrected chi connectivity index (χ0v) is 11.7. The molecule has 1 aromatic carbocycles. The monoisotopic (exact) mass is 267 g/mol. The number of hydrogen-bond donors (Lipinski definition) is 2. The second kappa shape index (κ2) is 6.66. The summed E-state index contributed by atoms with van der Waals surface area (Å²) in [5.74, 6) is -0.462. The summed E-state index contributed by atoms with van der Waals surface area (Å²) in [5, 5.41) is 12.5. The van der Waals surface area contributed by atoms with Crippen molar-refractivity contribution in [2.24, 2.45) is 5.41 Å². The summed E-state index contributed by atoms with van der Waals surface area (Å²) < 4.78 is 13.3. The smallest absolute Gasteiger partial charge is 0.220 e. The van der Waals surface area contributed by atoms with Gasteiger partial charge < -0.3 is 10.4 Å². The van der Waals surface area contributed by atoms with Gasteiger partial charge in [-0.2, -0.15) is 0 Å². The number of rotatable bonds is 5. The van der Waals surface area contributed by atoms with Crippen LogP contribution in [0.5, 0.6) is 0 Å². The lowest BCUT2D eigenvalue weighted by Gasteiger charge is -2.25. The van der Waals surface area contributed by atoms with Crippen molar-refractivity contribution >= 4 is 5.91 Å². The summed E-state index contributed by atoms with van der Waals surface area (Å²) in [6, 6.07) is 6.43. The van der Waals surface area contributed by atoms with Crippen molar-refractivity contribution < 1.29 is 14.3 Å². The minimum Gasteiger partial charge on any atom is -0.391 e. The fourth-order valence-electron chi connectivity index (χ4n) is 1.55. The van der Waals surface area contributed by atoms with Gasteiger partial charge in [-0.25, -0.2) is 4.39 Å². The van der Waals surface area contributed by atoms with Gasteiger partial charge in [0.2, 0.25) is 5.91 Å². The Morgan fingerprint density at radius 1 is 1.37 bits per heavy atom. The average Bonchev–Trinajstić information content (AvgIpc) is 2.33. The highest BCUT2D eigenvalue weighted by molar-refractivity contribution is 5.76. The van der Waals surface area contributed by atoms with Crippen LogP contribution in [0, 0.1) is 11.2 Å². The SMILES string of the molecule is CC(C)(C)C(O)CNC(=O)CCc1ccccc1F. The zero-order valence-electron chi connectivity index (χ0n) is 11.7. The third-order valence-electron chi connectivity index (χ3n) is 3.07. The van der Waals surface area contributed by atoms with Crippen LogP contribution in [0.2, 0.25) is 0 Å². The van der Waals surface area contributed by atoms with Gasteiger partial charge in [-0.05, 0) is 23.5 Å². The van der Waals surface area contributed by atoms with Gasteiger partial charge in [0.15, 0.2) is 0 Å². The summed E-state index contributed by atoms with van der Waals surface area (Å²) in [4.78, 5) is 11.6. The number of halogens is 1. The van der Waals surface area contributed by atoms with E-state index < -0.39 is 6.10 Å². The van der Waals surface area contributed by atoms with Crippen molar-refractivity contribution in [2.45, 2.75) is 39.7 Å². The molecule has 0 radical (unpaired) electrons. The second-order valence-electron chi connectivity index (χ2n) is 5.78. The van der Waals surface area contributed by atoms with Gasteiger partial charge in [0.25, 0.3) is 0 Å². The van der Waals surface area contributed by atoms with Crippen LogP contribution < -0.4 is 5.32 Å². The molecule has 19 heavy (non-hydrogen) atoms. The predicted molar refractivity (Wildman–Crippen MR) is 73.2 cm³/mol. The van der Waals surface area contributed by atoms with Gasteiger partial charge in [0.1, 0.15) is 5.82 Å². The third kappa shape index (κ3) is 5.39. The lowest BCUT2D eigenvalue weighted by Crippen LogP contribution is -2.39. The molecule has 106 valence electrons. The van der Waals surface area contributed by atoms with Crippen LogP contribution in [0.25, 0.3) is 0 Å². The molecule has 0 saturated carbocycles. The van der Waals surface area contributed by atoms with Gasteiger partial charge in [-0.15, -0.1) is 0 Å². The Hall–Kier alpha value is -1.42. The van der Waals surface area contributed by atoms with Crippen LogP contribution in [0.15, 0.2) is 24.3 Å². The first kappa shape index (κ1) is 15.6. The van der Waals surface area contributed by atoms with Crippen LogP contribution in [0.3, 0.4) is 0 Å². The number of aliphatic hydroxyl groups is 1. The Morgan fingerprint density at radius 3 is 2.58 bits per heavy atom. The van der Waals surface area contributed by atoms with Crippen LogP contribution in [-0.4, -0.2) is 23.7 Å². The molecule has 0 bridgehead atoms. The lowest BCUT2D eigenvalue weighted by atomic mass is 9.89. The van der Waals surface area contributed by atoms with Crippen LogP contribution in [0.1, 0.15) is 32.8 Å². The third-order valence-corrected chi connectivity index (χ3v) is 3.07. The Balaban J connectivity index is 2.35. The highest BCUT2D eigenvalue weighted by Gasteiger charge is 2.22. The molecule has 1 atom stereocenters.